The predicted molar refractivity (Wildman–Crippen MR) is 112 cm³/mol. The minimum atomic E-state index is -4.48. The summed E-state index contributed by atoms with van der Waals surface area (Å²) >= 11 is 3.05. The van der Waals surface area contributed by atoms with Crippen LogP contribution in [0.3, 0.4) is 0 Å². The summed E-state index contributed by atoms with van der Waals surface area (Å²) in [5.41, 5.74) is 5.42. The third-order valence-electron chi connectivity index (χ3n) is 6.05. The Bertz CT molecular complexity index is 779. The maximum atomic E-state index is 12.9. The highest BCUT2D eigenvalue weighted by Gasteiger charge is 2.34. The fraction of sp³-hybridized carbons (Fsp3) is 0.619. The van der Waals surface area contributed by atoms with Crippen LogP contribution in [0.1, 0.15) is 50.5 Å². The standard InChI is InChI=1S/C21H27BrF3N3O2/c22-15-10-14(21(23,24)25)11-16(12-15)27-19(29)9-13-5-7-28(8-6-13)20(30)17-3-1-2-4-18(17)26/h10-13,17-18H,1-9,26H2,(H,27,29)/t17-,18-/m1/s1. The van der Waals surface area contributed by atoms with Gasteiger partial charge < -0.3 is 16.0 Å². The summed E-state index contributed by atoms with van der Waals surface area (Å²) in [6.45, 7) is 1.18. The van der Waals surface area contributed by atoms with E-state index in [-0.39, 0.29) is 46.3 Å². The molecule has 2 amide bonds. The average Bonchev–Trinajstić information content (AvgIpc) is 2.67. The van der Waals surface area contributed by atoms with Crippen LogP contribution >= 0.6 is 15.9 Å². The van der Waals surface area contributed by atoms with Crippen LogP contribution in [0, 0.1) is 11.8 Å². The summed E-state index contributed by atoms with van der Waals surface area (Å²) in [5.74, 6) is -0.194. The van der Waals surface area contributed by atoms with Gasteiger partial charge in [-0.05, 0) is 49.8 Å². The number of likely N-dealkylation sites (tertiary alicyclic amines) is 1. The Morgan fingerprint density at radius 1 is 1.10 bits per heavy atom. The van der Waals surface area contributed by atoms with Crippen molar-refractivity contribution in [1.82, 2.24) is 4.90 Å². The molecule has 1 saturated heterocycles. The van der Waals surface area contributed by atoms with Gasteiger partial charge in [-0.3, -0.25) is 9.59 Å². The van der Waals surface area contributed by atoms with Crippen LogP contribution in [0.2, 0.25) is 0 Å². The fourth-order valence-corrected chi connectivity index (χ4v) is 4.85. The highest BCUT2D eigenvalue weighted by Crippen LogP contribution is 2.34. The van der Waals surface area contributed by atoms with Crippen molar-refractivity contribution in [3.05, 3.63) is 28.2 Å². The molecule has 2 fully saturated rings. The maximum absolute atomic E-state index is 12.9. The number of amides is 2. The lowest BCUT2D eigenvalue weighted by Crippen LogP contribution is -2.48. The number of hydrogen-bond donors (Lipinski definition) is 2. The predicted octanol–water partition coefficient (Wildman–Crippen LogP) is 4.55. The van der Waals surface area contributed by atoms with Gasteiger partial charge in [0.1, 0.15) is 0 Å². The highest BCUT2D eigenvalue weighted by molar-refractivity contribution is 9.10. The van der Waals surface area contributed by atoms with Gasteiger partial charge in [0.05, 0.1) is 11.5 Å². The van der Waals surface area contributed by atoms with E-state index in [0.29, 0.717) is 25.9 Å². The van der Waals surface area contributed by atoms with E-state index in [1.807, 2.05) is 4.90 Å². The molecule has 30 heavy (non-hydrogen) atoms. The summed E-state index contributed by atoms with van der Waals surface area (Å²) in [7, 11) is 0. The molecule has 2 aliphatic rings. The van der Waals surface area contributed by atoms with Crippen molar-refractivity contribution >= 4 is 33.4 Å². The molecule has 1 saturated carbocycles. The zero-order valence-electron chi connectivity index (χ0n) is 16.7. The second kappa shape index (κ2) is 9.68. The molecule has 0 radical (unpaired) electrons. The molecule has 1 aliphatic heterocycles. The van der Waals surface area contributed by atoms with Crippen LogP contribution in [-0.2, 0) is 15.8 Å². The van der Waals surface area contributed by atoms with Gasteiger partial charge in [-0.2, -0.15) is 13.2 Å². The number of carbonyl (C=O) groups excluding carboxylic acids is 2. The normalized spacial score (nSPS) is 23.3. The van der Waals surface area contributed by atoms with Crippen molar-refractivity contribution in [2.75, 3.05) is 18.4 Å². The Balaban J connectivity index is 1.50. The van der Waals surface area contributed by atoms with Crippen molar-refractivity contribution in [2.45, 2.75) is 57.2 Å². The monoisotopic (exact) mass is 489 g/mol. The second-order valence-corrected chi connectivity index (χ2v) is 9.22. The van der Waals surface area contributed by atoms with Gasteiger partial charge >= 0.3 is 6.18 Å². The molecule has 2 atom stereocenters. The van der Waals surface area contributed by atoms with Gasteiger partial charge in [-0.25, -0.2) is 0 Å². The minimum absolute atomic E-state index is 0.0680. The maximum Gasteiger partial charge on any atom is 0.416 e. The highest BCUT2D eigenvalue weighted by atomic mass is 79.9. The lowest BCUT2D eigenvalue weighted by atomic mass is 9.83. The number of rotatable bonds is 4. The van der Waals surface area contributed by atoms with Crippen LogP contribution in [0.25, 0.3) is 0 Å². The Morgan fingerprint density at radius 3 is 2.40 bits per heavy atom. The molecule has 166 valence electrons. The smallest absolute Gasteiger partial charge is 0.342 e. The van der Waals surface area contributed by atoms with E-state index in [1.54, 1.807) is 0 Å². The number of alkyl halides is 3. The van der Waals surface area contributed by atoms with E-state index in [4.69, 9.17) is 5.73 Å². The lowest BCUT2D eigenvalue weighted by molar-refractivity contribution is -0.139. The largest absolute Gasteiger partial charge is 0.416 e. The van der Waals surface area contributed by atoms with Gasteiger partial charge in [0, 0.05) is 35.7 Å². The molecule has 1 aromatic carbocycles. The summed E-state index contributed by atoms with van der Waals surface area (Å²) in [5, 5.41) is 2.57. The van der Waals surface area contributed by atoms with E-state index in [1.165, 1.54) is 6.07 Å². The van der Waals surface area contributed by atoms with Crippen molar-refractivity contribution in [3.63, 3.8) is 0 Å². The number of nitrogens with zero attached hydrogens (tertiary/aromatic N) is 1. The number of carbonyl (C=O) groups is 2. The lowest BCUT2D eigenvalue weighted by Gasteiger charge is -2.37. The van der Waals surface area contributed by atoms with Gasteiger partial charge in [0.15, 0.2) is 0 Å². The number of halogens is 4. The zero-order valence-corrected chi connectivity index (χ0v) is 18.3. The summed E-state index contributed by atoms with van der Waals surface area (Å²) < 4.78 is 39.1. The van der Waals surface area contributed by atoms with Crippen LogP contribution in [0.15, 0.2) is 22.7 Å². The molecule has 0 unspecified atom stereocenters. The van der Waals surface area contributed by atoms with E-state index >= 15 is 0 Å². The molecule has 3 N–H and O–H groups in total. The first-order chi connectivity index (χ1) is 14.1. The number of piperidine rings is 1. The number of hydrogen-bond acceptors (Lipinski definition) is 3. The van der Waals surface area contributed by atoms with E-state index in [9.17, 15) is 22.8 Å². The van der Waals surface area contributed by atoms with Crippen LogP contribution < -0.4 is 11.1 Å². The fourth-order valence-electron chi connectivity index (χ4n) is 4.36. The molecule has 1 aliphatic carbocycles. The zero-order chi connectivity index (χ0) is 21.9. The van der Waals surface area contributed by atoms with Crippen molar-refractivity contribution < 1.29 is 22.8 Å². The van der Waals surface area contributed by atoms with Crippen molar-refractivity contribution in [2.24, 2.45) is 17.6 Å². The SMILES string of the molecule is N[C@@H]1CCCC[C@H]1C(=O)N1CCC(CC(=O)Nc2cc(Br)cc(C(F)(F)F)c2)CC1. The Kier molecular flexibility index (Phi) is 7.44. The molecule has 1 aromatic rings. The first kappa shape index (κ1) is 23.1. The first-order valence-corrected chi connectivity index (χ1v) is 11.1. The molecule has 1 heterocycles. The van der Waals surface area contributed by atoms with Gasteiger partial charge in [0.25, 0.3) is 0 Å². The Hall–Kier alpha value is -1.61. The van der Waals surface area contributed by atoms with Gasteiger partial charge in [0.2, 0.25) is 11.8 Å². The molecule has 0 aromatic heterocycles. The molecule has 0 bridgehead atoms. The first-order valence-electron chi connectivity index (χ1n) is 10.4. The molecule has 3 rings (SSSR count). The van der Waals surface area contributed by atoms with E-state index < -0.39 is 11.7 Å². The van der Waals surface area contributed by atoms with Crippen LogP contribution in [0.4, 0.5) is 18.9 Å². The quantitative estimate of drug-likeness (QED) is 0.651. The topological polar surface area (TPSA) is 75.4 Å². The molecule has 0 spiro atoms. The molecular weight excluding hydrogens is 463 g/mol. The Morgan fingerprint density at radius 2 is 1.77 bits per heavy atom. The van der Waals surface area contributed by atoms with Crippen LogP contribution in [-0.4, -0.2) is 35.8 Å². The number of nitrogens with one attached hydrogen (secondary N) is 1. The summed E-state index contributed by atoms with van der Waals surface area (Å²) in [4.78, 5) is 27.0. The Labute approximate surface area is 182 Å². The molecule has 9 heteroatoms. The second-order valence-electron chi connectivity index (χ2n) is 8.30. The number of anilines is 1. The average molecular weight is 490 g/mol. The number of nitrogens with two attached hydrogens (primary N) is 1. The molecular formula is C21H27BrF3N3O2. The van der Waals surface area contributed by atoms with Crippen molar-refractivity contribution in [1.29, 1.82) is 0 Å². The van der Waals surface area contributed by atoms with Gasteiger partial charge in [-0.1, -0.05) is 28.8 Å². The van der Waals surface area contributed by atoms with Crippen LogP contribution in [0.5, 0.6) is 0 Å². The third-order valence-corrected chi connectivity index (χ3v) is 6.50. The van der Waals surface area contributed by atoms with Gasteiger partial charge in [-0.15, -0.1) is 0 Å². The molecule has 5 nitrogen and oxygen atoms in total. The summed E-state index contributed by atoms with van der Waals surface area (Å²) in [6.07, 6.45) is 0.980. The van der Waals surface area contributed by atoms with E-state index in [2.05, 4.69) is 21.2 Å². The van der Waals surface area contributed by atoms with Crippen molar-refractivity contribution in [3.8, 4) is 0 Å². The summed E-state index contributed by atoms with van der Waals surface area (Å²) in [6, 6.07) is 3.28. The third kappa shape index (κ3) is 5.97. The minimum Gasteiger partial charge on any atom is -0.342 e. The number of benzene rings is 1. The van der Waals surface area contributed by atoms with E-state index in [0.717, 1.165) is 37.8 Å².